The summed E-state index contributed by atoms with van der Waals surface area (Å²) in [7, 11) is 0. The number of amides is 1. The van der Waals surface area contributed by atoms with Crippen LogP contribution in [0.5, 0.6) is 0 Å². The van der Waals surface area contributed by atoms with Crippen molar-refractivity contribution in [1.82, 2.24) is 9.91 Å². The van der Waals surface area contributed by atoms with Crippen LogP contribution in [0, 0.1) is 0 Å². The molecule has 4 rings (SSSR count). The van der Waals surface area contributed by atoms with E-state index in [9.17, 15) is 4.79 Å². The Morgan fingerprint density at radius 3 is 2.31 bits per heavy atom. The van der Waals surface area contributed by atoms with Crippen molar-refractivity contribution in [2.75, 3.05) is 19.7 Å². The van der Waals surface area contributed by atoms with Gasteiger partial charge in [0.1, 0.15) is 0 Å². The highest BCUT2D eigenvalue weighted by Gasteiger charge is 2.31. The van der Waals surface area contributed by atoms with Crippen LogP contribution in [-0.4, -0.2) is 47.5 Å². The molecule has 0 saturated carbocycles. The lowest BCUT2D eigenvalue weighted by molar-refractivity contribution is -0.139. The van der Waals surface area contributed by atoms with Crippen LogP contribution in [0.4, 0.5) is 0 Å². The van der Waals surface area contributed by atoms with E-state index in [1.807, 2.05) is 36.4 Å². The van der Waals surface area contributed by atoms with E-state index in [1.54, 1.807) is 5.01 Å². The monoisotopic (exact) mass is 349 g/mol. The number of piperidine rings is 1. The molecule has 5 nitrogen and oxygen atoms in total. The van der Waals surface area contributed by atoms with Crippen LogP contribution in [-0.2, 0) is 16.1 Å². The van der Waals surface area contributed by atoms with Crippen LogP contribution in [0.2, 0.25) is 0 Å². The molecule has 2 aliphatic heterocycles. The second-order valence-corrected chi connectivity index (χ2v) is 6.79. The lowest BCUT2D eigenvalue weighted by atomic mass is 10.0. The van der Waals surface area contributed by atoms with Crippen molar-refractivity contribution >= 4 is 11.8 Å². The topological polar surface area (TPSA) is 45.1 Å². The Hall–Kier alpha value is -2.66. The van der Waals surface area contributed by atoms with Gasteiger partial charge in [0.15, 0.2) is 6.61 Å². The van der Waals surface area contributed by atoms with Crippen molar-refractivity contribution < 1.29 is 9.53 Å². The van der Waals surface area contributed by atoms with Gasteiger partial charge in [-0.05, 0) is 30.5 Å². The molecule has 0 atom stereocenters. The van der Waals surface area contributed by atoms with E-state index in [1.165, 1.54) is 5.56 Å². The number of ether oxygens (including phenoxy) is 1. The zero-order chi connectivity index (χ0) is 17.8. The van der Waals surface area contributed by atoms with Crippen molar-refractivity contribution in [3.63, 3.8) is 0 Å². The average Bonchev–Trinajstić information content (AvgIpc) is 2.71. The van der Waals surface area contributed by atoms with Gasteiger partial charge in [0, 0.05) is 25.2 Å². The molecular weight excluding hydrogens is 326 g/mol. The zero-order valence-electron chi connectivity index (χ0n) is 14.8. The van der Waals surface area contributed by atoms with E-state index >= 15 is 0 Å². The molecule has 1 fully saturated rings. The molecule has 1 amide bonds. The summed E-state index contributed by atoms with van der Waals surface area (Å²) >= 11 is 0. The smallest absolute Gasteiger partial charge is 0.280 e. The van der Waals surface area contributed by atoms with Crippen molar-refractivity contribution in [1.29, 1.82) is 0 Å². The van der Waals surface area contributed by atoms with Gasteiger partial charge >= 0.3 is 0 Å². The summed E-state index contributed by atoms with van der Waals surface area (Å²) < 4.78 is 5.55. The van der Waals surface area contributed by atoms with E-state index in [0.717, 1.165) is 38.0 Å². The van der Waals surface area contributed by atoms with E-state index in [4.69, 9.17) is 4.74 Å². The summed E-state index contributed by atoms with van der Waals surface area (Å²) in [5.41, 5.74) is 2.24. The minimum absolute atomic E-state index is 0.0498. The van der Waals surface area contributed by atoms with E-state index in [0.29, 0.717) is 5.90 Å². The number of hydrogen-bond donors (Lipinski definition) is 0. The first kappa shape index (κ1) is 16.8. The van der Waals surface area contributed by atoms with Gasteiger partial charge in [-0.15, -0.1) is 5.10 Å². The normalized spacial score (nSPS) is 19.2. The highest BCUT2D eigenvalue weighted by Crippen LogP contribution is 2.21. The minimum Gasteiger partial charge on any atom is -0.466 e. The van der Waals surface area contributed by atoms with Crippen LogP contribution in [0.15, 0.2) is 65.8 Å². The summed E-state index contributed by atoms with van der Waals surface area (Å²) in [6, 6.07) is 20.4. The third-order valence-electron chi connectivity index (χ3n) is 4.96. The van der Waals surface area contributed by atoms with Crippen molar-refractivity contribution in [3.8, 4) is 0 Å². The quantitative estimate of drug-likeness (QED) is 0.853. The zero-order valence-corrected chi connectivity index (χ0v) is 14.8. The maximum absolute atomic E-state index is 12.3. The predicted molar refractivity (Wildman–Crippen MR) is 101 cm³/mol. The number of likely N-dealkylation sites (tertiary alicyclic amines) is 1. The van der Waals surface area contributed by atoms with E-state index < -0.39 is 0 Å². The molecular formula is C21H23N3O2. The lowest BCUT2D eigenvalue weighted by Crippen LogP contribution is -2.48. The fraction of sp³-hybridized carbons (Fsp3) is 0.333. The molecule has 2 heterocycles. The first-order valence-electron chi connectivity index (χ1n) is 9.15. The number of rotatable bonds is 4. The van der Waals surface area contributed by atoms with Gasteiger partial charge in [0.2, 0.25) is 5.90 Å². The first-order chi connectivity index (χ1) is 12.8. The summed E-state index contributed by atoms with van der Waals surface area (Å²) in [4.78, 5) is 14.8. The second kappa shape index (κ2) is 7.70. The Morgan fingerprint density at radius 1 is 0.962 bits per heavy atom. The summed E-state index contributed by atoms with van der Waals surface area (Å²) in [6.45, 7) is 2.97. The maximum Gasteiger partial charge on any atom is 0.280 e. The Labute approximate surface area is 153 Å². The molecule has 0 unspecified atom stereocenters. The van der Waals surface area contributed by atoms with Gasteiger partial charge in [-0.25, -0.2) is 5.01 Å². The first-order valence-corrected chi connectivity index (χ1v) is 9.15. The lowest BCUT2D eigenvalue weighted by Gasteiger charge is -2.37. The minimum atomic E-state index is -0.0498. The largest absolute Gasteiger partial charge is 0.466 e. The van der Waals surface area contributed by atoms with E-state index in [-0.39, 0.29) is 18.6 Å². The van der Waals surface area contributed by atoms with Crippen LogP contribution in [0.3, 0.4) is 0 Å². The van der Waals surface area contributed by atoms with Gasteiger partial charge in [-0.2, -0.15) is 0 Å². The Bertz CT molecular complexity index is 768. The second-order valence-electron chi connectivity index (χ2n) is 6.79. The Balaban J connectivity index is 1.40. The Morgan fingerprint density at radius 2 is 1.62 bits per heavy atom. The third-order valence-corrected chi connectivity index (χ3v) is 4.96. The van der Waals surface area contributed by atoms with Crippen LogP contribution in [0.1, 0.15) is 24.0 Å². The number of carbonyl (C=O) groups is 1. The summed E-state index contributed by atoms with van der Waals surface area (Å²) in [5.74, 6) is 0.489. The molecule has 134 valence electrons. The molecule has 0 spiro atoms. The standard InChI is InChI=1S/C21H23N3O2/c25-20-16-26-21(18-9-5-2-6-10-18)22-24(20)19-11-13-23(14-12-19)15-17-7-3-1-4-8-17/h1-10,19H,11-16H2. The van der Waals surface area contributed by atoms with Crippen LogP contribution in [0.25, 0.3) is 0 Å². The Kier molecular flexibility index (Phi) is 4.97. The number of benzene rings is 2. The molecule has 2 aromatic rings. The molecule has 0 bridgehead atoms. The molecule has 26 heavy (non-hydrogen) atoms. The molecule has 1 saturated heterocycles. The summed E-state index contributed by atoms with van der Waals surface area (Å²) in [6.07, 6.45) is 1.87. The molecule has 0 radical (unpaired) electrons. The van der Waals surface area contributed by atoms with Crippen molar-refractivity contribution in [2.24, 2.45) is 5.10 Å². The fourth-order valence-corrected chi connectivity index (χ4v) is 3.55. The highest BCUT2D eigenvalue weighted by atomic mass is 16.5. The van der Waals surface area contributed by atoms with Crippen LogP contribution >= 0.6 is 0 Å². The average molecular weight is 349 g/mol. The number of hydrogen-bond acceptors (Lipinski definition) is 4. The number of hydrazone groups is 1. The van der Waals surface area contributed by atoms with Gasteiger partial charge in [-0.1, -0.05) is 48.5 Å². The molecule has 2 aliphatic rings. The molecule has 2 aromatic carbocycles. The molecule has 0 aromatic heterocycles. The maximum atomic E-state index is 12.3. The summed E-state index contributed by atoms with van der Waals surface area (Å²) in [5, 5.41) is 6.18. The van der Waals surface area contributed by atoms with Crippen molar-refractivity contribution in [3.05, 3.63) is 71.8 Å². The SMILES string of the molecule is O=C1COC(c2ccccc2)=NN1C1CCN(Cc2ccccc2)CC1. The molecule has 0 aliphatic carbocycles. The molecule has 0 N–H and O–H groups in total. The highest BCUT2D eigenvalue weighted by molar-refractivity contribution is 5.98. The molecule has 5 heteroatoms. The van der Waals surface area contributed by atoms with Crippen molar-refractivity contribution in [2.45, 2.75) is 25.4 Å². The third kappa shape index (κ3) is 3.78. The predicted octanol–water partition coefficient (Wildman–Crippen LogP) is 2.87. The van der Waals surface area contributed by atoms with Gasteiger partial charge in [-0.3, -0.25) is 9.69 Å². The number of carbonyl (C=O) groups excluding carboxylic acids is 1. The van der Waals surface area contributed by atoms with E-state index in [2.05, 4.69) is 34.3 Å². The van der Waals surface area contributed by atoms with Gasteiger partial charge < -0.3 is 4.74 Å². The fourth-order valence-electron chi connectivity index (χ4n) is 3.55. The van der Waals surface area contributed by atoms with Gasteiger partial charge in [0.05, 0.1) is 6.04 Å². The van der Waals surface area contributed by atoms with Crippen LogP contribution < -0.4 is 0 Å². The van der Waals surface area contributed by atoms with Gasteiger partial charge in [0.25, 0.3) is 5.91 Å². The number of nitrogens with zero attached hydrogens (tertiary/aromatic N) is 3.